The average molecular weight is 256 g/mol. The second-order valence-electron chi connectivity index (χ2n) is 5.91. The van der Waals surface area contributed by atoms with Crippen LogP contribution in [-0.4, -0.2) is 57.9 Å². The van der Waals surface area contributed by atoms with E-state index in [-0.39, 0.29) is 6.54 Å². The fourth-order valence-corrected chi connectivity index (χ4v) is 3.29. The van der Waals surface area contributed by atoms with Gasteiger partial charge in [0.1, 0.15) is 0 Å². The third-order valence-corrected chi connectivity index (χ3v) is 4.34. The highest BCUT2D eigenvalue weighted by Gasteiger charge is 2.39. The largest absolute Gasteiger partial charge is 0.479 e. The average Bonchev–Trinajstić information content (AvgIpc) is 2.65. The first-order chi connectivity index (χ1) is 8.42. The van der Waals surface area contributed by atoms with Crippen LogP contribution in [0.25, 0.3) is 0 Å². The van der Waals surface area contributed by atoms with E-state index in [9.17, 15) is 9.90 Å². The first-order valence-electron chi connectivity index (χ1n) is 6.88. The van der Waals surface area contributed by atoms with Gasteiger partial charge < -0.3 is 15.5 Å². The molecule has 0 saturated carbocycles. The molecule has 3 N–H and O–H groups in total. The van der Waals surface area contributed by atoms with Crippen molar-refractivity contribution in [2.75, 3.05) is 13.1 Å². The van der Waals surface area contributed by atoms with Crippen molar-refractivity contribution in [3.63, 3.8) is 0 Å². The number of fused-ring (bicyclic) bond motifs is 2. The van der Waals surface area contributed by atoms with Gasteiger partial charge in [-0.1, -0.05) is 6.92 Å². The topological polar surface area (TPSA) is 72.8 Å². The molecule has 0 aromatic heterocycles. The second-order valence-corrected chi connectivity index (χ2v) is 5.91. The van der Waals surface area contributed by atoms with Gasteiger partial charge in [0, 0.05) is 24.7 Å². The summed E-state index contributed by atoms with van der Waals surface area (Å²) >= 11 is 0. The minimum atomic E-state index is -1.65. The maximum Gasteiger partial charge on any atom is 0.336 e. The standard InChI is InChI=1S/C13H24N2O3/c1-3-15(8-13(2,18)12(16)17)11-6-9-4-5-10(7-11)14-9/h9-11,14,18H,3-8H2,1-2H3,(H,16,17). The normalized spacial score (nSPS) is 34.6. The van der Waals surface area contributed by atoms with Crippen LogP contribution < -0.4 is 5.32 Å². The number of aliphatic hydroxyl groups is 1. The Hall–Kier alpha value is -0.650. The zero-order chi connectivity index (χ0) is 13.3. The maximum absolute atomic E-state index is 11.0. The Kier molecular flexibility index (Phi) is 3.94. The lowest BCUT2D eigenvalue weighted by atomic mass is 9.96. The number of carbonyl (C=O) groups is 1. The highest BCUT2D eigenvalue weighted by molar-refractivity contribution is 5.76. The molecule has 2 rings (SSSR count). The maximum atomic E-state index is 11.0. The molecule has 2 aliphatic rings. The fraction of sp³-hybridized carbons (Fsp3) is 0.923. The highest BCUT2D eigenvalue weighted by atomic mass is 16.4. The van der Waals surface area contributed by atoms with Gasteiger partial charge in [-0.25, -0.2) is 4.79 Å². The van der Waals surface area contributed by atoms with Crippen molar-refractivity contribution >= 4 is 5.97 Å². The van der Waals surface area contributed by atoms with Crippen molar-refractivity contribution in [3.05, 3.63) is 0 Å². The minimum absolute atomic E-state index is 0.211. The first-order valence-corrected chi connectivity index (χ1v) is 6.88. The Morgan fingerprint density at radius 2 is 1.94 bits per heavy atom. The van der Waals surface area contributed by atoms with E-state index in [4.69, 9.17) is 5.11 Å². The molecule has 0 aliphatic carbocycles. The molecule has 3 unspecified atom stereocenters. The van der Waals surface area contributed by atoms with Crippen molar-refractivity contribution in [1.29, 1.82) is 0 Å². The Labute approximate surface area is 108 Å². The molecule has 18 heavy (non-hydrogen) atoms. The van der Waals surface area contributed by atoms with Gasteiger partial charge in [-0.15, -0.1) is 0 Å². The Morgan fingerprint density at radius 1 is 1.39 bits per heavy atom. The molecule has 2 heterocycles. The molecule has 0 spiro atoms. The number of likely N-dealkylation sites (N-methyl/N-ethyl adjacent to an activating group) is 1. The van der Waals surface area contributed by atoms with E-state index in [1.807, 2.05) is 6.92 Å². The van der Waals surface area contributed by atoms with Crippen molar-refractivity contribution < 1.29 is 15.0 Å². The van der Waals surface area contributed by atoms with Crippen LogP contribution in [-0.2, 0) is 4.79 Å². The van der Waals surface area contributed by atoms with E-state index in [0.29, 0.717) is 18.1 Å². The van der Waals surface area contributed by atoms with Gasteiger partial charge in [-0.2, -0.15) is 0 Å². The quantitative estimate of drug-likeness (QED) is 0.665. The lowest BCUT2D eigenvalue weighted by Gasteiger charge is -2.39. The van der Waals surface area contributed by atoms with Gasteiger partial charge in [0.15, 0.2) is 5.60 Å². The summed E-state index contributed by atoms with van der Waals surface area (Å²) in [6.07, 6.45) is 4.60. The van der Waals surface area contributed by atoms with Gasteiger partial charge in [-0.3, -0.25) is 4.90 Å². The van der Waals surface area contributed by atoms with E-state index in [1.165, 1.54) is 19.8 Å². The summed E-state index contributed by atoms with van der Waals surface area (Å²) in [6.45, 7) is 4.41. The lowest BCUT2D eigenvalue weighted by Crippen LogP contribution is -2.54. The van der Waals surface area contributed by atoms with E-state index in [2.05, 4.69) is 10.2 Å². The van der Waals surface area contributed by atoms with Gasteiger partial charge >= 0.3 is 5.97 Å². The van der Waals surface area contributed by atoms with Crippen molar-refractivity contribution in [2.45, 2.75) is 63.3 Å². The molecule has 0 amide bonds. The molecule has 2 fully saturated rings. The molecule has 3 atom stereocenters. The molecular weight excluding hydrogens is 232 g/mol. The molecule has 104 valence electrons. The molecule has 5 heteroatoms. The van der Waals surface area contributed by atoms with Crippen LogP contribution in [0.5, 0.6) is 0 Å². The predicted molar refractivity (Wildman–Crippen MR) is 68.5 cm³/mol. The summed E-state index contributed by atoms with van der Waals surface area (Å²) in [6, 6.07) is 1.56. The highest BCUT2D eigenvalue weighted by Crippen LogP contribution is 2.30. The monoisotopic (exact) mass is 256 g/mol. The molecule has 2 saturated heterocycles. The van der Waals surface area contributed by atoms with E-state index < -0.39 is 11.6 Å². The van der Waals surface area contributed by atoms with Crippen LogP contribution >= 0.6 is 0 Å². The smallest absolute Gasteiger partial charge is 0.336 e. The van der Waals surface area contributed by atoms with Crippen molar-refractivity contribution in [3.8, 4) is 0 Å². The number of carboxylic acid groups (broad SMARTS) is 1. The number of aliphatic carboxylic acids is 1. The second kappa shape index (κ2) is 5.15. The van der Waals surface area contributed by atoms with Crippen LogP contribution in [0, 0.1) is 0 Å². The SMILES string of the molecule is CCN(CC(C)(O)C(=O)O)C1CC2CCC(C1)N2. The Balaban J connectivity index is 1.98. The van der Waals surface area contributed by atoms with E-state index in [1.54, 1.807) is 0 Å². The number of hydrogen-bond donors (Lipinski definition) is 3. The number of nitrogens with zero attached hydrogens (tertiary/aromatic N) is 1. The van der Waals surface area contributed by atoms with Crippen LogP contribution in [0.2, 0.25) is 0 Å². The molecule has 0 aromatic rings. The number of carboxylic acids is 1. The molecule has 0 radical (unpaired) electrons. The number of hydrogen-bond acceptors (Lipinski definition) is 4. The van der Waals surface area contributed by atoms with E-state index in [0.717, 1.165) is 19.4 Å². The lowest BCUT2D eigenvalue weighted by molar-refractivity contribution is -0.159. The summed E-state index contributed by atoms with van der Waals surface area (Å²) in [5.41, 5.74) is -1.65. The molecule has 2 bridgehead atoms. The summed E-state index contributed by atoms with van der Waals surface area (Å²) in [4.78, 5) is 13.1. The van der Waals surface area contributed by atoms with Crippen LogP contribution in [0.15, 0.2) is 0 Å². The third-order valence-electron chi connectivity index (χ3n) is 4.34. The summed E-state index contributed by atoms with van der Waals surface area (Å²) < 4.78 is 0. The van der Waals surface area contributed by atoms with Crippen LogP contribution in [0.4, 0.5) is 0 Å². The van der Waals surface area contributed by atoms with Crippen LogP contribution in [0.3, 0.4) is 0 Å². The van der Waals surface area contributed by atoms with Gasteiger partial charge in [0.25, 0.3) is 0 Å². The molecule has 2 aliphatic heterocycles. The molecule has 0 aromatic carbocycles. The summed E-state index contributed by atoms with van der Waals surface area (Å²) in [7, 11) is 0. The predicted octanol–water partition coefficient (Wildman–Crippen LogP) is 0.427. The third kappa shape index (κ3) is 2.84. The summed E-state index contributed by atoms with van der Waals surface area (Å²) in [5.74, 6) is -1.14. The number of piperidine rings is 1. The van der Waals surface area contributed by atoms with Gasteiger partial charge in [-0.05, 0) is 39.2 Å². The van der Waals surface area contributed by atoms with Crippen molar-refractivity contribution in [2.24, 2.45) is 0 Å². The molecule has 5 nitrogen and oxygen atoms in total. The number of nitrogens with one attached hydrogen (secondary N) is 1. The van der Waals surface area contributed by atoms with Crippen molar-refractivity contribution in [1.82, 2.24) is 10.2 Å². The van der Waals surface area contributed by atoms with Gasteiger partial charge in [0.05, 0.1) is 0 Å². The number of rotatable bonds is 5. The van der Waals surface area contributed by atoms with Crippen LogP contribution in [0.1, 0.15) is 39.5 Å². The molecular formula is C13H24N2O3. The van der Waals surface area contributed by atoms with E-state index >= 15 is 0 Å². The Morgan fingerprint density at radius 3 is 2.39 bits per heavy atom. The zero-order valence-corrected chi connectivity index (χ0v) is 11.2. The van der Waals surface area contributed by atoms with Gasteiger partial charge in [0.2, 0.25) is 0 Å². The fourth-order valence-electron chi connectivity index (χ4n) is 3.29. The first kappa shape index (κ1) is 13.8. The Bertz CT molecular complexity index is 307. The summed E-state index contributed by atoms with van der Waals surface area (Å²) in [5, 5.41) is 22.5. The zero-order valence-electron chi connectivity index (χ0n) is 11.2. The minimum Gasteiger partial charge on any atom is -0.479 e.